The smallest absolute Gasteiger partial charge is 0.123 e. The van der Waals surface area contributed by atoms with E-state index in [0.29, 0.717) is 22.3 Å². The van der Waals surface area contributed by atoms with Crippen LogP contribution in [0, 0.1) is 23.3 Å². The van der Waals surface area contributed by atoms with Gasteiger partial charge in [-0.1, -0.05) is 97.4 Å². The van der Waals surface area contributed by atoms with Gasteiger partial charge < -0.3 is 22.9 Å². The van der Waals surface area contributed by atoms with Crippen LogP contribution in [0.4, 0.5) is 17.6 Å². The molecule has 0 saturated heterocycles. The van der Waals surface area contributed by atoms with Gasteiger partial charge >= 0.3 is 0 Å². The summed E-state index contributed by atoms with van der Waals surface area (Å²) in [5.41, 5.74) is 23.2. The number of thiocarbonyl (C=S) groups is 4. The zero-order valence-corrected chi connectivity index (χ0v) is 24.0. The van der Waals surface area contributed by atoms with Crippen molar-refractivity contribution in [3.63, 3.8) is 0 Å². The molecule has 0 fully saturated rings. The van der Waals surface area contributed by atoms with Crippen molar-refractivity contribution in [1.29, 1.82) is 0 Å². The summed E-state index contributed by atoms with van der Waals surface area (Å²) in [5.74, 6) is -1.26. The van der Waals surface area contributed by atoms with Crippen LogP contribution in [0.5, 0.6) is 0 Å². The Labute approximate surface area is 251 Å². The van der Waals surface area contributed by atoms with Gasteiger partial charge in [0.15, 0.2) is 0 Å². The van der Waals surface area contributed by atoms with Gasteiger partial charge in [0, 0.05) is 22.3 Å². The van der Waals surface area contributed by atoms with E-state index in [1.54, 1.807) is 48.5 Å². The molecule has 0 aliphatic carbocycles. The van der Waals surface area contributed by atoms with Crippen molar-refractivity contribution in [3.8, 4) is 0 Å². The molecule has 0 aromatic heterocycles. The summed E-state index contributed by atoms with van der Waals surface area (Å²) in [6.07, 6.45) is 0. The summed E-state index contributed by atoms with van der Waals surface area (Å²) < 4.78 is 49.6. The van der Waals surface area contributed by atoms with Gasteiger partial charge in [-0.3, -0.25) is 0 Å². The van der Waals surface area contributed by atoms with E-state index >= 15 is 0 Å². The summed E-state index contributed by atoms with van der Waals surface area (Å²) in [6.45, 7) is 0. The molecular weight excluding hydrogens is 597 g/mol. The molecule has 0 heterocycles. The molecule has 4 aromatic rings. The highest BCUT2D eigenvalue weighted by molar-refractivity contribution is 7.81. The van der Waals surface area contributed by atoms with Crippen LogP contribution in [0.1, 0.15) is 22.3 Å². The quantitative estimate of drug-likeness (QED) is 0.167. The summed E-state index contributed by atoms with van der Waals surface area (Å²) in [7, 11) is 0. The molecule has 0 atom stereocenters. The first kappa shape index (κ1) is 34.2. The second kappa shape index (κ2) is 17.7. The monoisotopic (exact) mass is 620 g/mol. The highest BCUT2D eigenvalue weighted by Gasteiger charge is 1.97. The molecule has 4 aromatic carbocycles. The van der Waals surface area contributed by atoms with Gasteiger partial charge in [0.1, 0.15) is 43.2 Å². The van der Waals surface area contributed by atoms with Crippen LogP contribution in [0.2, 0.25) is 0 Å². The van der Waals surface area contributed by atoms with Crippen LogP contribution in [0.15, 0.2) is 97.1 Å². The minimum absolute atomic E-state index is 0.222. The van der Waals surface area contributed by atoms with E-state index in [1.807, 2.05) is 0 Å². The molecule has 0 spiro atoms. The summed E-state index contributed by atoms with van der Waals surface area (Å²) in [5, 5.41) is 0. The first-order valence-electron chi connectivity index (χ1n) is 11.0. The molecule has 0 bridgehead atoms. The number of hydrogen-bond donors (Lipinski definition) is 4. The van der Waals surface area contributed by atoms with Crippen molar-refractivity contribution >= 4 is 68.8 Å². The van der Waals surface area contributed by atoms with Crippen molar-refractivity contribution in [1.82, 2.24) is 0 Å². The molecule has 4 rings (SSSR count). The van der Waals surface area contributed by atoms with Gasteiger partial charge in [0.05, 0.1) is 0 Å². The molecule has 40 heavy (non-hydrogen) atoms. The molecule has 0 saturated carbocycles. The van der Waals surface area contributed by atoms with Gasteiger partial charge in [-0.05, 0) is 48.5 Å². The third-order valence-electron chi connectivity index (χ3n) is 4.44. The minimum Gasteiger partial charge on any atom is -0.389 e. The van der Waals surface area contributed by atoms with Crippen molar-refractivity contribution < 1.29 is 17.6 Å². The lowest BCUT2D eigenvalue weighted by molar-refractivity contribution is 0.627. The lowest BCUT2D eigenvalue weighted by Crippen LogP contribution is -2.08. The number of halogens is 4. The van der Waals surface area contributed by atoms with E-state index in [1.165, 1.54) is 48.5 Å². The fourth-order valence-corrected chi connectivity index (χ4v) is 3.07. The molecule has 208 valence electrons. The van der Waals surface area contributed by atoms with Crippen LogP contribution >= 0.6 is 48.9 Å². The number of hydrogen-bond acceptors (Lipinski definition) is 4. The third-order valence-corrected chi connectivity index (χ3v) is 5.38. The van der Waals surface area contributed by atoms with Crippen LogP contribution in [0.25, 0.3) is 0 Å². The van der Waals surface area contributed by atoms with Gasteiger partial charge in [0.2, 0.25) is 0 Å². The molecule has 0 amide bonds. The van der Waals surface area contributed by atoms with Crippen molar-refractivity contribution in [2.24, 2.45) is 22.9 Å². The normalized spacial score (nSPS) is 9.30. The lowest BCUT2D eigenvalue weighted by atomic mass is 10.2. The standard InChI is InChI=1S/4C7H6FNS/c4*8-6-3-1-2-5(4-6)7(9)10/h4*1-4H,(H2,9,10). The topological polar surface area (TPSA) is 104 Å². The maximum Gasteiger partial charge on any atom is 0.123 e. The Kier molecular flexibility index (Phi) is 15.1. The Morgan fingerprint density at radius 3 is 0.650 bits per heavy atom. The van der Waals surface area contributed by atoms with E-state index in [9.17, 15) is 17.6 Å². The van der Waals surface area contributed by atoms with Crippen LogP contribution in [-0.4, -0.2) is 20.0 Å². The van der Waals surface area contributed by atoms with Crippen LogP contribution < -0.4 is 22.9 Å². The highest BCUT2D eigenvalue weighted by atomic mass is 32.1. The van der Waals surface area contributed by atoms with Gasteiger partial charge in [-0.2, -0.15) is 0 Å². The number of benzene rings is 4. The predicted molar refractivity (Wildman–Crippen MR) is 169 cm³/mol. The third kappa shape index (κ3) is 13.8. The SMILES string of the molecule is NC(=S)c1cccc(F)c1.NC(=S)c1cccc(F)c1.NC(=S)c1cccc(F)c1.NC(=S)c1cccc(F)c1. The van der Waals surface area contributed by atoms with E-state index in [-0.39, 0.29) is 43.2 Å². The maximum atomic E-state index is 12.4. The summed E-state index contributed by atoms with van der Waals surface area (Å²) in [4.78, 5) is 0.887. The Balaban J connectivity index is 0.000000267. The first-order chi connectivity index (χ1) is 18.8. The average Bonchev–Trinajstić information content (AvgIpc) is 2.90. The van der Waals surface area contributed by atoms with E-state index in [2.05, 4.69) is 48.9 Å². The molecule has 0 unspecified atom stereocenters. The van der Waals surface area contributed by atoms with E-state index in [0.717, 1.165) is 0 Å². The molecule has 0 aliphatic heterocycles. The van der Waals surface area contributed by atoms with Gasteiger partial charge in [-0.15, -0.1) is 0 Å². The number of rotatable bonds is 4. The maximum absolute atomic E-state index is 12.4. The number of nitrogens with two attached hydrogens (primary N) is 4. The Morgan fingerprint density at radius 2 is 0.550 bits per heavy atom. The molecule has 4 nitrogen and oxygen atoms in total. The summed E-state index contributed by atoms with van der Waals surface area (Å²) >= 11 is 18.5. The predicted octanol–water partition coefficient (Wildman–Crippen LogP) is 5.84. The molecule has 12 heteroatoms. The zero-order valence-electron chi connectivity index (χ0n) is 20.7. The first-order valence-corrected chi connectivity index (χ1v) is 12.6. The zero-order chi connectivity index (χ0) is 30.2. The van der Waals surface area contributed by atoms with E-state index in [4.69, 9.17) is 22.9 Å². The van der Waals surface area contributed by atoms with E-state index < -0.39 is 0 Å². The second-order valence-electron chi connectivity index (χ2n) is 7.50. The fourth-order valence-electron chi connectivity index (χ4n) is 2.57. The average molecular weight is 621 g/mol. The summed E-state index contributed by atoms with van der Waals surface area (Å²) in [6, 6.07) is 23.6. The Morgan fingerprint density at radius 1 is 0.375 bits per heavy atom. The van der Waals surface area contributed by atoms with Crippen LogP contribution in [0.3, 0.4) is 0 Å². The Bertz CT molecular complexity index is 1260. The minimum atomic E-state index is -0.315. The molecule has 0 radical (unpaired) electrons. The fraction of sp³-hybridized carbons (Fsp3) is 0. The van der Waals surface area contributed by atoms with Gasteiger partial charge in [0.25, 0.3) is 0 Å². The van der Waals surface area contributed by atoms with Crippen molar-refractivity contribution in [2.75, 3.05) is 0 Å². The van der Waals surface area contributed by atoms with Crippen molar-refractivity contribution in [2.45, 2.75) is 0 Å². The highest BCUT2D eigenvalue weighted by Crippen LogP contribution is 2.04. The largest absolute Gasteiger partial charge is 0.389 e. The van der Waals surface area contributed by atoms with Crippen LogP contribution in [-0.2, 0) is 0 Å². The molecule has 8 N–H and O–H groups in total. The molecular formula is C28H24F4N4S4. The van der Waals surface area contributed by atoms with Gasteiger partial charge in [-0.25, -0.2) is 17.6 Å². The molecule has 0 aliphatic rings. The van der Waals surface area contributed by atoms with Crippen molar-refractivity contribution in [3.05, 3.63) is 143 Å². The lowest BCUT2D eigenvalue weighted by Gasteiger charge is -1.95. The second-order valence-corrected chi connectivity index (χ2v) is 9.26. The Hall–Kier alpha value is -3.84.